The van der Waals surface area contributed by atoms with E-state index in [4.69, 9.17) is 9.47 Å². The fraction of sp³-hybridized carbons (Fsp3) is 0.440. The summed E-state index contributed by atoms with van der Waals surface area (Å²) in [5, 5.41) is 1.07. The lowest BCUT2D eigenvalue weighted by molar-refractivity contribution is 0.278. The second kappa shape index (κ2) is 10.2. The molecule has 33 heavy (non-hydrogen) atoms. The van der Waals surface area contributed by atoms with E-state index in [1.807, 2.05) is 49.5 Å². The van der Waals surface area contributed by atoms with E-state index in [2.05, 4.69) is 22.7 Å². The largest absolute Gasteiger partial charge is 0.493 e. The lowest BCUT2D eigenvalue weighted by atomic mass is 9.91. The molecule has 3 aromatic rings. The average molecular weight is 472 g/mol. The monoisotopic (exact) mass is 471 g/mol. The van der Waals surface area contributed by atoms with E-state index in [0.717, 1.165) is 34.9 Å². The van der Waals surface area contributed by atoms with Gasteiger partial charge in [0.1, 0.15) is 0 Å². The fourth-order valence-electron chi connectivity index (χ4n) is 4.61. The second-order valence-corrected chi connectivity index (χ2v) is 10.4. The van der Waals surface area contributed by atoms with Crippen molar-refractivity contribution < 1.29 is 17.9 Å². The van der Waals surface area contributed by atoms with Crippen LogP contribution in [0.3, 0.4) is 0 Å². The van der Waals surface area contributed by atoms with Gasteiger partial charge in [0.2, 0.25) is 0 Å². The Hall–Kier alpha value is -2.55. The summed E-state index contributed by atoms with van der Waals surface area (Å²) in [5.74, 6) is 1.47. The molecule has 2 atom stereocenters. The van der Waals surface area contributed by atoms with Crippen LogP contribution in [0.25, 0.3) is 10.9 Å². The highest BCUT2D eigenvalue weighted by molar-refractivity contribution is 7.87. The van der Waals surface area contributed by atoms with Gasteiger partial charge in [0, 0.05) is 42.7 Å². The maximum Gasteiger partial charge on any atom is 0.279 e. The highest BCUT2D eigenvalue weighted by atomic mass is 32.2. The second-order valence-electron chi connectivity index (χ2n) is 8.64. The summed E-state index contributed by atoms with van der Waals surface area (Å²) in [6, 6.07) is 13.9. The number of fused-ring (bicyclic) bond motifs is 1. The van der Waals surface area contributed by atoms with Crippen molar-refractivity contribution >= 4 is 21.1 Å². The van der Waals surface area contributed by atoms with Crippen LogP contribution in [0.2, 0.25) is 0 Å². The van der Waals surface area contributed by atoms with Gasteiger partial charge < -0.3 is 14.5 Å². The molecule has 2 N–H and O–H groups in total. The number of ether oxygens (including phenoxy) is 2. The smallest absolute Gasteiger partial charge is 0.279 e. The van der Waals surface area contributed by atoms with Crippen LogP contribution in [-0.4, -0.2) is 51.1 Å². The van der Waals surface area contributed by atoms with Gasteiger partial charge in [-0.15, -0.1) is 0 Å². The van der Waals surface area contributed by atoms with Gasteiger partial charge in [-0.05, 0) is 55.0 Å². The van der Waals surface area contributed by atoms with Crippen LogP contribution >= 0.6 is 0 Å². The van der Waals surface area contributed by atoms with E-state index < -0.39 is 10.2 Å². The maximum absolute atomic E-state index is 13.1. The van der Waals surface area contributed by atoms with Crippen molar-refractivity contribution in [3.8, 4) is 11.5 Å². The Morgan fingerprint density at radius 1 is 1.21 bits per heavy atom. The van der Waals surface area contributed by atoms with Crippen molar-refractivity contribution in [2.45, 2.75) is 32.6 Å². The Balaban J connectivity index is 1.68. The summed E-state index contributed by atoms with van der Waals surface area (Å²) in [6.45, 7) is 5.93. The summed E-state index contributed by atoms with van der Waals surface area (Å²) >= 11 is 0. The average Bonchev–Trinajstić information content (AvgIpc) is 3.24. The zero-order valence-corrected chi connectivity index (χ0v) is 20.3. The van der Waals surface area contributed by atoms with Crippen molar-refractivity contribution in [3.63, 3.8) is 0 Å². The number of H-pyrrole nitrogens is 1. The molecular formula is C25H33N3O4S. The normalized spacial score (nSPS) is 18.3. The first kappa shape index (κ1) is 23.6. The Labute approximate surface area is 196 Å². The van der Waals surface area contributed by atoms with Gasteiger partial charge in [0.25, 0.3) is 10.2 Å². The molecule has 7 nitrogen and oxygen atoms in total. The van der Waals surface area contributed by atoms with E-state index in [-0.39, 0.29) is 12.5 Å². The van der Waals surface area contributed by atoms with Gasteiger partial charge in [-0.1, -0.05) is 31.2 Å². The van der Waals surface area contributed by atoms with Crippen molar-refractivity contribution in [3.05, 3.63) is 59.8 Å². The van der Waals surface area contributed by atoms with Crippen molar-refractivity contribution in [1.82, 2.24) is 14.0 Å². The van der Waals surface area contributed by atoms with Gasteiger partial charge in [0.15, 0.2) is 11.5 Å². The minimum atomic E-state index is -3.58. The minimum Gasteiger partial charge on any atom is -0.493 e. The number of benzene rings is 2. The predicted octanol–water partition coefficient (Wildman–Crippen LogP) is 4.27. The summed E-state index contributed by atoms with van der Waals surface area (Å²) in [6.07, 6.45) is 3.93. The van der Waals surface area contributed by atoms with Gasteiger partial charge in [-0.2, -0.15) is 12.7 Å². The molecule has 0 saturated carbocycles. The molecule has 1 fully saturated rings. The van der Waals surface area contributed by atoms with Crippen molar-refractivity contribution in [1.29, 1.82) is 0 Å². The molecule has 2 heterocycles. The molecule has 0 spiro atoms. The Kier molecular flexibility index (Phi) is 7.26. The van der Waals surface area contributed by atoms with Crippen LogP contribution in [0.1, 0.15) is 43.7 Å². The number of aromatic amines is 1. The van der Waals surface area contributed by atoms with Gasteiger partial charge in [-0.25, -0.2) is 4.72 Å². The van der Waals surface area contributed by atoms with E-state index >= 15 is 0 Å². The van der Waals surface area contributed by atoms with Crippen LogP contribution in [-0.2, 0) is 10.2 Å². The first-order chi connectivity index (χ1) is 15.9. The van der Waals surface area contributed by atoms with E-state index in [9.17, 15) is 8.42 Å². The van der Waals surface area contributed by atoms with Gasteiger partial charge in [0.05, 0.1) is 13.7 Å². The number of rotatable bonds is 9. The molecule has 178 valence electrons. The third-order valence-electron chi connectivity index (χ3n) is 6.32. The maximum atomic E-state index is 13.1. The third-order valence-corrected chi connectivity index (χ3v) is 7.86. The Bertz CT molecular complexity index is 1190. The van der Waals surface area contributed by atoms with Crippen molar-refractivity contribution in [2.24, 2.45) is 5.92 Å². The molecule has 0 unspecified atom stereocenters. The first-order valence-corrected chi connectivity index (χ1v) is 13.0. The highest BCUT2D eigenvalue weighted by Gasteiger charge is 2.29. The Morgan fingerprint density at radius 2 is 2.03 bits per heavy atom. The Morgan fingerprint density at radius 3 is 2.79 bits per heavy atom. The molecule has 8 heteroatoms. The number of hydrogen-bond acceptors (Lipinski definition) is 4. The summed E-state index contributed by atoms with van der Waals surface area (Å²) in [5.41, 5.74) is 3.00. The molecule has 4 rings (SSSR count). The zero-order valence-electron chi connectivity index (χ0n) is 19.5. The van der Waals surface area contributed by atoms with E-state index in [0.29, 0.717) is 37.1 Å². The van der Waals surface area contributed by atoms with Crippen LogP contribution < -0.4 is 14.2 Å². The van der Waals surface area contributed by atoms with E-state index in [1.165, 1.54) is 0 Å². The topological polar surface area (TPSA) is 83.7 Å². The molecule has 1 aliphatic heterocycles. The van der Waals surface area contributed by atoms with Crippen LogP contribution in [0.15, 0.2) is 48.7 Å². The molecule has 0 aliphatic carbocycles. The molecule has 1 aliphatic rings. The minimum absolute atomic E-state index is 0.206. The molecule has 2 aromatic carbocycles. The lowest BCUT2D eigenvalue weighted by Gasteiger charge is -2.30. The highest BCUT2D eigenvalue weighted by Crippen LogP contribution is 2.36. The summed E-state index contributed by atoms with van der Waals surface area (Å²) in [4.78, 5) is 3.32. The quantitative estimate of drug-likeness (QED) is 0.488. The van der Waals surface area contributed by atoms with Gasteiger partial charge >= 0.3 is 0 Å². The number of methoxy groups -OCH3 is 1. The fourth-order valence-corrected chi connectivity index (χ4v) is 5.99. The number of hydrogen-bond donors (Lipinski definition) is 2. The van der Waals surface area contributed by atoms with Crippen LogP contribution in [0, 0.1) is 5.92 Å². The predicted molar refractivity (Wildman–Crippen MR) is 131 cm³/mol. The number of aromatic nitrogens is 1. The molecule has 0 bridgehead atoms. The summed E-state index contributed by atoms with van der Waals surface area (Å²) < 4.78 is 42.0. The third kappa shape index (κ3) is 5.18. The molecule has 1 saturated heterocycles. The molecular weight excluding hydrogens is 438 g/mol. The SMILES string of the molecule is CCOc1ccc([C@H](CNS(=O)(=O)N2CCC[C@H](C)C2)c2c[nH]c3ccccc23)cc1OC. The van der Waals surface area contributed by atoms with Crippen molar-refractivity contribution in [2.75, 3.05) is 33.4 Å². The zero-order chi connectivity index (χ0) is 23.4. The van der Waals surface area contributed by atoms with E-state index in [1.54, 1.807) is 11.4 Å². The number of nitrogens with zero attached hydrogens (tertiary/aromatic N) is 1. The lowest BCUT2D eigenvalue weighted by Crippen LogP contribution is -2.46. The number of para-hydroxylation sites is 1. The first-order valence-electron chi connectivity index (χ1n) is 11.5. The number of piperidine rings is 1. The standard InChI is InChI=1S/C25H33N3O4S/c1-4-32-24-12-11-19(14-25(24)31-3)21(22-15-26-23-10-6-5-9-20(22)23)16-27-33(29,30)28-13-7-8-18(2)17-28/h5-6,9-12,14-15,18,21,26-27H,4,7-8,13,16-17H2,1-3H3/t18-,21-/m0/s1. The van der Waals surface area contributed by atoms with Crippen LogP contribution in [0.5, 0.6) is 11.5 Å². The van der Waals surface area contributed by atoms with Crippen LogP contribution in [0.4, 0.5) is 0 Å². The molecule has 1 aromatic heterocycles. The number of nitrogens with one attached hydrogen (secondary N) is 2. The van der Waals surface area contributed by atoms with Gasteiger partial charge in [-0.3, -0.25) is 0 Å². The molecule has 0 radical (unpaired) electrons. The summed E-state index contributed by atoms with van der Waals surface area (Å²) in [7, 11) is -1.97. The molecule has 0 amide bonds.